The van der Waals surface area contributed by atoms with Gasteiger partial charge in [-0.3, -0.25) is 10.1 Å². The van der Waals surface area contributed by atoms with Gasteiger partial charge in [-0.25, -0.2) is 0 Å². The standard InChI is InChI=1S/C23H20N2O3/c1-28-21-13-15(25(26)27)12-20-17-9-5-11-19(17)22(24-23(20)21)18-10-4-7-14-6-2-3-8-16(14)18/h2-10,12-13,17,19,22,24H,11H2,1H3/t17-,19-,22-/m1/s1. The summed E-state index contributed by atoms with van der Waals surface area (Å²) < 4.78 is 5.53. The number of allylic oxidation sites excluding steroid dienone is 2. The molecule has 0 amide bonds. The van der Waals surface area contributed by atoms with Gasteiger partial charge in [0.1, 0.15) is 5.75 Å². The van der Waals surface area contributed by atoms with Crippen LogP contribution in [-0.2, 0) is 0 Å². The summed E-state index contributed by atoms with van der Waals surface area (Å²) in [6, 6.07) is 18.1. The van der Waals surface area contributed by atoms with Crippen molar-refractivity contribution in [1.82, 2.24) is 0 Å². The number of rotatable bonds is 3. The Labute approximate surface area is 162 Å². The molecule has 1 aliphatic heterocycles. The molecule has 0 saturated heterocycles. The Morgan fingerprint density at radius 3 is 2.75 bits per heavy atom. The minimum Gasteiger partial charge on any atom is -0.494 e. The monoisotopic (exact) mass is 372 g/mol. The maximum absolute atomic E-state index is 11.4. The maximum atomic E-state index is 11.4. The summed E-state index contributed by atoms with van der Waals surface area (Å²) in [5, 5.41) is 17.5. The number of fused-ring (bicyclic) bond motifs is 4. The highest BCUT2D eigenvalue weighted by Gasteiger charge is 2.40. The molecule has 0 bridgehead atoms. The quantitative estimate of drug-likeness (QED) is 0.370. The molecule has 0 fully saturated rings. The maximum Gasteiger partial charge on any atom is 0.273 e. The van der Waals surface area contributed by atoms with Crippen LogP contribution in [0.5, 0.6) is 5.75 Å². The topological polar surface area (TPSA) is 64.4 Å². The molecule has 3 aromatic carbocycles. The van der Waals surface area contributed by atoms with Gasteiger partial charge in [0, 0.05) is 12.0 Å². The molecule has 2 aliphatic rings. The molecule has 0 unspecified atom stereocenters. The number of hydrogen-bond acceptors (Lipinski definition) is 4. The Morgan fingerprint density at radius 2 is 1.93 bits per heavy atom. The third kappa shape index (κ3) is 2.47. The minimum absolute atomic E-state index is 0.0695. The molecule has 28 heavy (non-hydrogen) atoms. The van der Waals surface area contributed by atoms with E-state index >= 15 is 0 Å². The molecule has 0 aromatic heterocycles. The Morgan fingerprint density at radius 1 is 1.11 bits per heavy atom. The molecule has 1 heterocycles. The van der Waals surface area contributed by atoms with E-state index in [1.165, 1.54) is 22.4 Å². The number of anilines is 1. The molecule has 0 saturated carbocycles. The van der Waals surface area contributed by atoms with E-state index in [4.69, 9.17) is 4.74 Å². The van der Waals surface area contributed by atoms with E-state index in [1.807, 2.05) is 0 Å². The fourth-order valence-corrected chi connectivity index (χ4v) is 4.75. The molecule has 3 aromatic rings. The van der Waals surface area contributed by atoms with E-state index in [2.05, 4.69) is 59.9 Å². The Hall–Kier alpha value is -3.34. The number of nitro benzene ring substituents is 1. The van der Waals surface area contributed by atoms with Gasteiger partial charge in [0.25, 0.3) is 5.69 Å². The van der Waals surface area contributed by atoms with Crippen LogP contribution in [0.3, 0.4) is 0 Å². The van der Waals surface area contributed by atoms with E-state index < -0.39 is 0 Å². The number of nitrogens with one attached hydrogen (secondary N) is 1. The number of nitro groups is 1. The fraction of sp³-hybridized carbons (Fsp3) is 0.217. The molecule has 140 valence electrons. The Balaban J connectivity index is 1.69. The summed E-state index contributed by atoms with van der Waals surface area (Å²) in [4.78, 5) is 11.0. The first-order chi connectivity index (χ1) is 13.7. The first-order valence-corrected chi connectivity index (χ1v) is 9.44. The van der Waals surface area contributed by atoms with Crippen molar-refractivity contribution in [3.8, 4) is 5.75 Å². The van der Waals surface area contributed by atoms with Crippen LogP contribution in [0.2, 0.25) is 0 Å². The van der Waals surface area contributed by atoms with Crippen molar-refractivity contribution in [1.29, 1.82) is 0 Å². The Kier molecular flexibility index (Phi) is 3.83. The lowest BCUT2D eigenvalue weighted by Crippen LogP contribution is -2.29. The molecule has 1 N–H and O–H groups in total. The van der Waals surface area contributed by atoms with Crippen molar-refractivity contribution < 1.29 is 9.66 Å². The van der Waals surface area contributed by atoms with Crippen molar-refractivity contribution in [2.45, 2.75) is 18.4 Å². The smallest absolute Gasteiger partial charge is 0.273 e. The van der Waals surface area contributed by atoms with E-state index in [0.29, 0.717) is 11.7 Å². The first kappa shape index (κ1) is 16.8. The van der Waals surface area contributed by atoms with E-state index in [0.717, 1.165) is 17.7 Å². The van der Waals surface area contributed by atoms with Crippen molar-refractivity contribution in [3.05, 3.63) is 88.0 Å². The summed E-state index contributed by atoms with van der Waals surface area (Å²) in [7, 11) is 1.56. The highest BCUT2D eigenvalue weighted by molar-refractivity contribution is 5.87. The lowest BCUT2D eigenvalue weighted by molar-refractivity contribution is -0.385. The van der Waals surface area contributed by atoms with Gasteiger partial charge in [0.05, 0.1) is 29.8 Å². The molecular formula is C23H20N2O3. The van der Waals surface area contributed by atoms with Crippen molar-refractivity contribution in [3.63, 3.8) is 0 Å². The van der Waals surface area contributed by atoms with Gasteiger partial charge in [-0.2, -0.15) is 0 Å². The average Bonchev–Trinajstić information content (AvgIpc) is 3.22. The summed E-state index contributed by atoms with van der Waals surface area (Å²) in [5.74, 6) is 0.965. The third-order valence-electron chi connectivity index (χ3n) is 6.01. The van der Waals surface area contributed by atoms with Gasteiger partial charge >= 0.3 is 0 Å². The number of benzene rings is 3. The van der Waals surface area contributed by atoms with Gasteiger partial charge in [0.2, 0.25) is 0 Å². The van der Waals surface area contributed by atoms with Crippen LogP contribution in [0.1, 0.15) is 29.5 Å². The predicted octanol–water partition coefficient (Wildman–Crippen LogP) is 5.58. The SMILES string of the molecule is COc1cc([N+](=O)[O-])cc2c1N[C@H](c1cccc3ccccc13)[C@@H]1CC=C[C@@H]21. The van der Waals surface area contributed by atoms with Gasteiger partial charge in [-0.15, -0.1) is 0 Å². The van der Waals surface area contributed by atoms with Crippen LogP contribution in [-0.4, -0.2) is 12.0 Å². The molecule has 0 spiro atoms. The van der Waals surface area contributed by atoms with E-state index in [9.17, 15) is 10.1 Å². The normalized spacial score (nSPS) is 22.4. The van der Waals surface area contributed by atoms with Crippen LogP contribution in [0, 0.1) is 16.0 Å². The van der Waals surface area contributed by atoms with Crippen molar-refractivity contribution >= 4 is 22.1 Å². The summed E-state index contributed by atoms with van der Waals surface area (Å²) in [6.45, 7) is 0. The number of ether oxygens (including phenoxy) is 1. The molecule has 1 aliphatic carbocycles. The summed E-state index contributed by atoms with van der Waals surface area (Å²) in [6.07, 6.45) is 5.32. The minimum atomic E-state index is -0.354. The molecule has 0 radical (unpaired) electrons. The zero-order valence-corrected chi connectivity index (χ0v) is 15.5. The summed E-state index contributed by atoms with van der Waals surface area (Å²) in [5.41, 5.74) is 3.13. The van der Waals surface area contributed by atoms with Gasteiger partial charge in [-0.05, 0) is 34.2 Å². The molecule has 3 atom stereocenters. The molecular weight excluding hydrogens is 352 g/mol. The van der Waals surface area contributed by atoms with Crippen LogP contribution in [0.25, 0.3) is 10.8 Å². The van der Waals surface area contributed by atoms with Crippen LogP contribution >= 0.6 is 0 Å². The van der Waals surface area contributed by atoms with Crippen LogP contribution in [0.15, 0.2) is 66.7 Å². The van der Waals surface area contributed by atoms with Gasteiger partial charge in [-0.1, -0.05) is 54.6 Å². The van der Waals surface area contributed by atoms with Gasteiger partial charge in [0.15, 0.2) is 0 Å². The first-order valence-electron chi connectivity index (χ1n) is 9.44. The van der Waals surface area contributed by atoms with Crippen molar-refractivity contribution in [2.75, 3.05) is 12.4 Å². The average molecular weight is 372 g/mol. The van der Waals surface area contributed by atoms with Crippen LogP contribution in [0.4, 0.5) is 11.4 Å². The highest BCUT2D eigenvalue weighted by Crippen LogP contribution is 2.53. The largest absolute Gasteiger partial charge is 0.494 e. The zero-order valence-electron chi connectivity index (χ0n) is 15.5. The number of hydrogen-bond donors (Lipinski definition) is 1. The van der Waals surface area contributed by atoms with E-state index in [-0.39, 0.29) is 22.6 Å². The number of non-ortho nitro benzene ring substituents is 1. The van der Waals surface area contributed by atoms with Crippen LogP contribution < -0.4 is 10.1 Å². The van der Waals surface area contributed by atoms with Gasteiger partial charge < -0.3 is 10.1 Å². The molecule has 5 heteroatoms. The third-order valence-corrected chi connectivity index (χ3v) is 6.01. The fourth-order valence-electron chi connectivity index (χ4n) is 4.75. The lowest BCUT2D eigenvalue weighted by Gasteiger charge is -2.38. The molecule has 5 rings (SSSR count). The summed E-state index contributed by atoms with van der Waals surface area (Å²) >= 11 is 0. The number of methoxy groups -OCH3 is 1. The van der Waals surface area contributed by atoms with E-state index in [1.54, 1.807) is 13.2 Å². The zero-order chi connectivity index (χ0) is 19.3. The second-order valence-corrected chi connectivity index (χ2v) is 7.41. The van der Waals surface area contributed by atoms with Crippen molar-refractivity contribution in [2.24, 2.45) is 5.92 Å². The second-order valence-electron chi connectivity index (χ2n) is 7.41. The second kappa shape index (κ2) is 6.37. The predicted molar refractivity (Wildman–Crippen MR) is 110 cm³/mol. The lowest BCUT2D eigenvalue weighted by atomic mass is 9.76. The Bertz CT molecular complexity index is 1120. The molecule has 5 nitrogen and oxygen atoms in total. The number of nitrogens with zero attached hydrogens (tertiary/aromatic N) is 1. The highest BCUT2D eigenvalue weighted by atomic mass is 16.6.